The number of ether oxygens (including phenoxy) is 1. The normalized spacial score (nSPS) is 22.7. The minimum atomic E-state index is -0.192. The van der Waals surface area contributed by atoms with Crippen LogP contribution in [0.25, 0.3) is 0 Å². The maximum Gasteiger partial charge on any atom is 0.171 e. The summed E-state index contributed by atoms with van der Waals surface area (Å²) in [6, 6.07) is 5.19. The van der Waals surface area contributed by atoms with Gasteiger partial charge in [-0.25, -0.2) is 0 Å². The van der Waals surface area contributed by atoms with E-state index in [0.29, 0.717) is 28.8 Å². The molecule has 2 unspecified atom stereocenters. The van der Waals surface area contributed by atoms with E-state index in [-0.39, 0.29) is 17.7 Å². The Morgan fingerprint density at radius 1 is 1.42 bits per heavy atom. The molecule has 0 radical (unpaired) electrons. The number of nitrogens with one attached hydrogen (secondary N) is 1. The quantitative estimate of drug-likeness (QED) is 0.849. The van der Waals surface area contributed by atoms with E-state index in [1.807, 2.05) is 0 Å². The van der Waals surface area contributed by atoms with Gasteiger partial charge in [-0.05, 0) is 25.1 Å². The highest BCUT2D eigenvalue weighted by atomic mass is 35.5. The molecule has 3 nitrogen and oxygen atoms in total. The van der Waals surface area contributed by atoms with Crippen LogP contribution in [0.4, 0.5) is 0 Å². The summed E-state index contributed by atoms with van der Waals surface area (Å²) in [6.07, 6.45) is 1.02. The molecule has 1 N–H and O–H groups in total. The highest BCUT2D eigenvalue weighted by molar-refractivity contribution is 6.44. The molecule has 0 aliphatic carbocycles. The largest absolute Gasteiger partial charge is 0.379 e. The molecule has 0 spiro atoms. The van der Waals surface area contributed by atoms with Gasteiger partial charge in [-0.2, -0.15) is 0 Å². The third-order valence-corrected chi connectivity index (χ3v) is 4.11. The van der Waals surface area contributed by atoms with Crippen molar-refractivity contribution in [3.8, 4) is 0 Å². The fourth-order valence-electron chi connectivity index (χ4n) is 2.24. The molecule has 0 bridgehead atoms. The van der Waals surface area contributed by atoms with E-state index in [1.54, 1.807) is 18.2 Å². The first-order chi connectivity index (χ1) is 9.15. The maximum atomic E-state index is 12.5. The van der Waals surface area contributed by atoms with Crippen molar-refractivity contribution in [3.63, 3.8) is 0 Å². The summed E-state index contributed by atoms with van der Waals surface area (Å²) in [7, 11) is 0. The third-order valence-electron chi connectivity index (χ3n) is 3.29. The number of carbonyl (C=O) groups excluding carboxylic acids is 1. The van der Waals surface area contributed by atoms with Gasteiger partial charge in [0.15, 0.2) is 5.78 Å². The third kappa shape index (κ3) is 3.29. The van der Waals surface area contributed by atoms with Gasteiger partial charge in [0.25, 0.3) is 0 Å². The zero-order valence-electron chi connectivity index (χ0n) is 10.8. The van der Waals surface area contributed by atoms with Gasteiger partial charge in [0.1, 0.15) is 0 Å². The first kappa shape index (κ1) is 14.8. The minimum absolute atomic E-state index is 0.00129. The number of Topliss-reactive ketones (excluding diaryl/α,β-unsaturated/α-hetero) is 1. The van der Waals surface area contributed by atoms with Crippen molar-refractivity contribution < 1.29 is 9.53 Å². The van der Waals surface area contributed by atoms with E-state index in [1.165, 1.54) is 0 Å². The van der Waals surface area contributed by atoms with Gasteiger partial charge in [-0.15, -0.1) is 0 Å². The number of hydrogen-bond donors (Lipinski definition) is 1. The number of halogens is 2. The molecule has 104 valence electrons. The number of benzene rings is 1. The first-order valence-electron chi connectivity index (χ1n) is 6.44. The molecule has 0 saturated carbocycles. The summed E-state index contributed by atoms with van der Waals surface area (Å²) in [5, 5.41) is 4.08. The smallest absolute Gasteiger partial charge is 0.171 e. The second kappa shape index (κ2) is 6.71. The van der Waals surface area contributed by atoms with Gasteiger partial charge in [0.2, 0.25) is 0 Å². The van der Waals surface area contributed by atoms with Crippen LogP contribution < -0.4 is 5.32 Å². The number of hydrogen-bond acceptors (Lipinski definition) is 3. The van der Waals surface area contributed by atoms with Gasteiger partial charge in [-0.3, -0.25) is 4.79 Å². The van der Waals surface area contributed by atoms with Crippen LogP contribution in [0.5, 0.6) is 0 Å². The summed E-state index contributed by atoms with van der Waals surface area (Å²) in [4.78, 5) is 12.5. The van der Waals surface area contributed by atoms with Crippen molar-refractivity contribution in [3.05, 3.63) is 33.8 Å². The number of carbonyl (C=O) groups is 1. The van der Waals surface area contributed by atoms with E-state index in [2.05, 4.69) is 12.2 Å². The molecule has 0 aromatic heterocycles. The van der Waals surface area contributed by atoms with E-state index in [4.69, 9.17) is 27.9 Å². The number of ketones is 1. The van der Waals surface area contributed by atoms with Crippen LogP contribution >= 0.6 is 23.2 Å². The van der Waals surface area contributed by atoms with Crippen LogP contribution in [0.15, 0.2) is 18.2 Å². The standard InChI is InChI=1S/C14H17Cl2NO2/c1-2-6-17-12-8-19-7-10(12)14(18)9-4-3-5-11(15)13(9)16/h3-5,10,12,17H,2,6-8H2,1H3. The summed E-state index contributed by atoms with van der Waals surface area (Å²) < 4.78 is 5.42. The fourth-order valence-corrected chi connectivity index (χ4v) is 2.63. The fraction of sp³-hybridized carbons (Fsp3) is 0.500. The van der Waals surface area contributed by atoms with Crippen molar-refractivity contribution in [1.29, 1.82) is 0 Å². The highest BCUT2D eigenvalue weighted by Crippen LogP contribution is 2.29. The Hall–Kier alpha value is -0.610. The first-order valence-corrected chi connectivity index (χ1v) is 7.20. The van der Waals surface area contributed by atoms with Gasteiger partial charge in [-0.1, -0.05) is 36.2 Å². The number of rotatable bonds is 5. The van der Waals surface area contributed by atoms with Crippen LogP contribution in [0.2, 0.25) is 10.0 Å². The zero-order chi connectivity index (χ0) is 13.8. The lowest BCUT2D eigenvalue weighted by Gasteiger charge is -2.18. The second-order valence-corrected chi connectivity index (χ2v) is 5.46. The molecule has 1 heterocycles. The molecular formula is C14H17Cl2NO2. The minimum Gasteiger partial charge on any atom is -0.379 e. The topological polar surface area (TPSA) is 38.3 Å². The molecule has 19 heavy (non-hydrogen) atoms. The Labute approximate surface area is 123 Å². The monoisotopic (exact) mass is 301 g/mol. The highest BCUT2D eigenvalue weighted by Gasteiger charge is 2.35. The zero-order valence-corrected chi connectivity index (χ0v) is 12.3. The summed E-state index contributed by atoms with van der Waals surface area (Å²) >= 11 is 12.1. The second-order valence-electron chi connectivity index (χ2n) is 4.67. The molecular weight excluding hydrogens is 285 g/mol. The van der Waals surface area contributed by atoms with Gasteiger partial charge >= 0.3 is 0 Å². The Morgan fingerprint density at radius 2 is 2.21 bits per heavy atom. The van der Waals surface area contributed by atoms with Crippen LogP contribution in [0, 0.1) is 5.92 Å². The summed E-state index contributed by atoms with van der Waals surface area (Å²) in [6.45, 7) is 3.96. The van der Waals surface area contributed by atoms with Crippen LogP contribution in [0.1, 0.15) is 23.7 Å². The molecule has 2 rings (SSSR count). The van der Waals surface area contributed by atoms with Gasteiger partial charge in [0.05, 0.1) is 29.2 Å². The lowest BCUT2D eigenvalue weighted by atomic mass is 9.93. The van der Waals surface area contributed by atoms with Crippen molar-refractivity contribution in [2.24, 2.45) is 5.92 Å². The van der Waals surface area contributed by atoms with Crippen molar-refractivity contribution in [2.75, 3.05) is 19.8 Å². The molecule has 1 aromatic carbocycles. The average Bonchev–Trinajstić information content (AvgIpc) is 2.87. The summed E-state index contributed by atoms with van der Waals surface area (Å²) in [5.41, 5.74) is 0.480. The van der Waals surface area contributed by atoms with Crippen molar-refractivity contribution in [2.45, 2.75) is 19.4 Å². The van der Waals surface area contributed by atoms with Crippen LogP contribution in [-0.2, 0) is 4.74 Å². The Morgan fingerprint density at radius 3 is 2.95 bits per heavy atom. The Kier molecular flexibility index (Phi) is 5.22. The average molecular weight is 302 g/mol. The van der Waals surface area contributed by atoms with Gasteiger partial charge in [0, 0.05) is 11.6 Å². The van der Waals surface area contributed by atoms with Crippen molar-refractivity contribution >= 4 is 29.0 Å². The molecule has 0 amide bonds. The molecule has 1 aliphatic rings. The maximum absolute atomic E-state index is 12.5. The lowest BCUT2D eigenvalue weighted by Crippen LogP contribution is -2.39. The molecule has 2 atom stereocenters. The van der Waals surface area contributed by atoms with Crippen LogP contribution in [-0.4, -0.2) is 31.6 Å². The predicted octanol–water partition coefficient (Wildman–Crippen LogP) is 3.19. The molecule has 1 aliphatic heterocycles. The van der Waals surface area contributed by atoms with E-state index < -0.39 is 0 Å². The van der Waals surface area contributed by atoms with Crippen LogP contribution in [0.3, 0.4) is 0 Å². The lowest BCUT2D eigenvalue weighted by molar-refractivity contribution is 0.0891. The van der Waals surface area contributed by atoms with E-state index in [0.717, 1.165) is 13.0 Å². The van der Waals surface area contributed by atoms with Gasteiger partial charge < -0.3 is 10.1 Å². The Bertz CT molecular complexity index is 465. The Balaban J connectivity index is 2.16. The molecule has 1 fully saturated rings. The molecule has 1 saturated heterocycles. The van der Waals surface area contributed by atoms with Crippen molar-refractivity contribution in [1.82, 2.24) is 5.32 Å². The van der Waals surface area contributed by atoms with E-state index in [9.17, 15) is 4.79 Å². The predicted molar refractivity (Wildman–Crippen MR) is 77.2 cm³/mol. The molecule has 1 aromatic rings. The van der Waals surface area contributed by atoms with E-state index >= 15 is 0 Å². The summed E-state index contributed by atoms with van der Waals surface area (Å²) in [5.74, 6) is -0.193. The molecule has 5 heteroatoms. The SMILES string of the molecule is CCCNC1COCC1C(=O)c1cccc(Cl)c1Cl.